The molecule has 1 spiro atoms. The summed E-state index contributed by atoms with van der Waals surface area (Å²) < 4.78 is 18.5. The second kappa shape index (κ2) is 19.6. The minimum Gasteiger partial charge on any atom is -0.491 e. The van der Waals surface area contributed by atoms with Gasteiger partial charge in [-0.25, -0.2) is 9.69 Å². The molecule has 6 aromatic rings. The number of benzene rings is 6. The van der Waals surface area contributed by atoms with Gasteiger partial charge in [-0.3, -0.25) is 34.3 Å². The molecular formula is C54H47N5O10. The normalized spacial score (nSPS) is 21.5. The number of fused-ring (bicyclic) bond motifs is 3. The number of hydrogen-bond acceptors (Lipinski definition) is 12. The highest BCUT2D eigenvalue weighted by molar-refractivity contribution is 6.23. The van der Waals surface area contributed by atoms with Gasteiger partial charge in [0.2, 0.25) is 11.8 Å². The number of nitrogens with two attached hydrogens (primary N) is 1. The van der Waals surface area contributed by atoms with Crippen LogP contribution < -0.4 is 15.4 Å². The molecule has 0 aromatic heterocycles. The number of para-hydroxylation sites is 1. The van der Waals surface area contributed by atoms with Gasteiger partial charge >= 0.3 is 12.1 Å². The van der Waals surface area contributed by atoms with Gasteiger partial charge in [-0.05, 0) is 71.3 Å². The van der Waals surface area contributed by atoms with E-state index in [1.807, 2.05) is 108 Å². The second-order valence-electron chi connectivity index (χ2n) is 17.1. The molecule has 0 bridgehead atoms. The van der Waals surface area contributed by atoms with Crippen molar-refractivity contribution in [2.45, 2.75) is 42.8 Å². The van der Waals surface area contributed by atoms with Crippen molar-refractivity contribution in [2.75, 3.05) is 31.7 Å². The van der Waals surface area contributed by atoms with E-state index in [9.17, 15) is 24.8 Å². The number of nitrogens with zero attached hydrogens (tertiary/aromatic N) is 4. The topological polar surface area (TPSA) is 195 Å². The average Bonchev–Trinajstić information content (AvgIpc) is 3.82. The summed E-state index contributed by atoms with van der Waals surface area (Å²) in [5, 5.41) is 21.4. The van der Waals surface area contributed by atoms with Gasteiger partial charge in [0.1, 0.15) is 36.5 Å². The van der Waals surface area contributed by atoms with E-state index in [1.54, 1.807) is 42.5 Å². The number of esters is 1. The first-order chi connectivity index (χ1) is 33.5. The van der Waals surface area contributed by atoms with Crippen molar-refractivity contribution >= 4 is 35.3 Å². The molecule has 15 nitrogen and oxygen atoms in total. The van der Waals surface area contributed by atoms with Gasteiger partial charge in [-0.1, -0.05) is 121 Å². The van der Waals surface area contributed by atoms with Crippen molar-refractivity contribution < 1.29 is 43.4 Å². The highest BCUT2D eigenvalue weighted by atomic mass is 16.6. The van der Waals surface area contributed by atoms with Crippen LogP contribution in [-0.2, 0) is 42.4 Å². The summed E-state index contributed by atoms with van der Waals surface area (Å²) in [7, 11) is 1.94. The molecule has 2 saturated heterocycles. The maximum Gasteiger partial charge on any atom is 0.421 e. The number of nitro groups is 1. The Labute approximate surface area is 397 Å². The smallest absolute Gasteiger partial charge is 0.421 e. The van der Waals surface area contributed by atoms with Crippen molar-refractivity contribution in [3.8, 4) is 17.6 Å². The molecule has 2 fully saturated rings. The molecule has 0 radical (unpaired) electrons. The summed E-state index contributed by atoms with van der Waals surface area (Å²) in [6.45, 7) is 0.127. The quantitative estimate of drug-likeness (QED) is 0.0525. The molecule has 0 aliphatic carbocycles. The fraction of sp³-hybridized carbons (Fsp3) is 0.222. The van der Waals surface area contributed by atoms with Gasteiger partial charge in [0.05, 0.1) is 41.8 Å². The number of amides is 3. The number of carbonyl (C=O) groups is 4. The number of aliphatic hydroxyl groups excluding tert-OH is 1. The van der Waals surface area contributed by atoms with Crippen molar-refractivity contribution in [2.24, 2.45) is 11.7 Å². The van der Waals surface area contributed by atoms with Crippen LogP contribution in [-0.4, -0.2) is 76.6 Å². The molecule has 69 heavy (non-hydrogen) atoms. The molecule has 0 saturated carbocycles. The number of morpholine rings is 1. The number of imide groups is 1. The highest BCUT2D eigenvalue weighted by Gasteiger charge is 2.76. The number of primary amides is 1. The number of cyclic esters (lactones) is 1. The van der Waals surface area contributed by atoms with Gasteiger partial charge in [-0.2, -0.15) is 0 Å². The van der Waals surface area contributed by atoms with E-state index >= 15 is 9.59 Å². The predicted molar refractivity (Wildman–Crippen MR) is 253 cm³/mol. The fourth-order valence-corrected chi connectivity index (χ4v) is 10.1. The lowest BCUT2D eigenvalue weighted by molar-refractivity contribution is -0.384. The summed E-state index contributed by atoms with van der Waals surface area (Å²) in [5.74, 6) is 2.29. The SMILES string of the molecule is CN(CC#Cc1ccc2c(c1)[C@]1(C(=O)N2C(=O)OCc2ccc([N+](=O)[O-])cc2)[C@H](C(N)=O)[C@H]2C(=O)O[C@H](c3ccccc3)[C@H](c3ccccc3)N2[C@@H]1c1ccccc1OCCO)Cc1ccccc1. The number of non-ortho nitro benzene ring substituents is 1. The summed E-state index contributed by atoms with van der Waals surface area (Å²) in [5.41, 5.74) is 8.08. The first kappa shape index (κ1) is 46.0. The maximum absolute atomic E-state index is 16.3. The standard InChI is InChI=1S/C54H47N5O10/c1-56(33-36-14-5-2-6-15-36)29-13-16-35-25-28-43-42(32-35)54(52(63)57(43)53(64)68-34-37-23-26-40(27-24-37)59(65)66)45(50(55)61)47-51(62)69-48(39-19-9-4-10-20-39)46(38-17-7-3-8-18-38)58(47)49(54)41-21-11-12-22-44(41)67-31-30-60/h2-12,14-15,17-28,32,45-49,60H,29-31,33-34H2,1H3,(H2,55,61)/t45-,46-,47-,48+,49+,54-/m0/s1. The molecule has 3 heterocycles. The van der Waals surface area contributed by atoms with Crippen LogP contribution in [0.5, 0.6) is 5.75 Å². The van der Waals surface area contributed by atoms with Crippen molar-refractivity contribution in [1.29, 1.82) is 0 Å². The fourth-order valence-electron chi connectivity index (χ4n) is 10.1. The van der Waals surface area contributed by atoms with Crippen LogP contribution in [0.3, 0.4) is 0 Å². The van der Waals surface area contributed by atoms with Gasteiger partial charge in [-0.15, -0.1) is 0 Å². The van der Waals surface area contributed by atoms with Gasteiger partial charge in [0.25, 0.3) is 5.69 Å². The Hall–Kier alpha value is -8.16. The monoisotopic (exact) mass is 925 g/mol. The largest absolute Gasteiger partial charge is 0.491 e. The minimum atomic E-state index is -2.17. The lowest BCUT2D eigenvalue weighted by Gasteiger charge is -2.46. The van der Waals surface area contributed by atoms with Gasteiger partial charge in [0.15, 0.2) is 0 Å². The average molecular weight is 926 g/mol. The number of aliphatic hydroxyl groups is 1. The molecule has 348 valence electrons. The summed E-state index contributed by atoms with van der Waals surface area (Å²) >= 11 is 0. The van der Waals surface area contributed by atoms with E-state index in [1.165, 1.54) is 24.3 Å². The summed E-state index contributed by atoms with van der Waals surface area (Å²) in [4.78, 5) is 76.2. The van der Waals surface area contributed by atoms with Crippen LogP contribution in [0.1, 0.15) is 57.1 Å². The highest BCUT2D eigenvalue weighted by Crippen LogP contribution is 2.66. The van der Waals surface area contributed by atoms with Gasteiger partial charge in [0, 0.05) is 29.8 Å². The number of rotatable bonds is 13. The molecule has 0 unspecified atom stereocenters. The zero-order valence-corrected chi connectivity index (χ0v) is 37.4. The zero-order chi connectivity index (χ0) is 48.2. The molecule has 3 aliphatic rings. The maximum atomic E-state index is 16.3. The van der Waals surface area contributed by atoms with E-state index in [-0.39, 0.29) is 42.5 Å². The van der Waals surface area contributed by atoms with Crippen LogP contribution >= 0.6 is 0 Å². The number of ether oxygens (including phenoxy) is 3. The zero-order valence-electron chi connectivity index (χ0n) is 37.4. The molecule has 9 rings (SSSR count). The van der Waals surface area contributed by atoms with Crippen molar-refractivity contribution in [1.82, 2.24) is 9.80 Å². The van der Waals surface area contributed by atoms with E-state index in [0.717, 1.165) is 10.5 Å². The molecular weight excluding hydrogens is 879 g/mol. The first-order valence-corrected chi connectivity index (χ1v) is 22.3. The van der Waals surface area contributed by atoms with E-state index in [0.29, 0.717) is 40.9 Å². The lowest BCUT2D eigenvalue weighted by Crippen LogP contribution is -2.55. The van der Waals surface area contributed by atoms with Crippen LogP contribution in [0.2, 0.25) is 0 Å². The third kappa shape index (κ3) is 8.57. The van der Waals surface area contributed by atoms with Gasteiger partial charge < -0.3 is 25.1 Å². The molecule has 6 aromatic carbocycles. The number of carbonyl (C=O) groups excluding carboxylic acids is 4. The van der Waals surface area contributed by atoms with Crippen LogP contribution in [0, 0.1) is 27.9 Å². The van der Waals surface area contributed by atoms with Crippen LogP contribution in [0.4, 0.5) is 16.2 Å². The van der Waals surface area contributed by atoms with Crippen LogP contribution in [0.25, 0.3) is 0 Å². The van der Waals surface area contributed by atoms with E-state index in [4.69, 9.17) is 19.9 Å². The third-order valence-electron chi connectivity index (χ3n) is 12.9. The Kier molecular flexibility index (Phi) is 13.1. The molecule has 3 aliphatic heterocycles. The second-order valence-corrected chi connectivity index (χ2v) is 17.1. The molecule has 6 atom stereocenters. The van der Waals surface area contributed by atoms with Crippen molar-refractivity contribution in [3.05, 3.63) is 207 Å². The summed E-state index contributed by atoms with van der Waals surface area (Å²) in [6, 6.07) is 41.9. The Morgan fingerprint density at radius 1 is 0.841 bits per heavy atom. The van der Waals surface area contributed by atoms with E-state index in [2.05, 4.69) is 11.8 Å². The predicted octanol–water partition coefficient (Wildman–Crippen LogP) is 6.94. The lowest BCUT2D eigenvalue weighted by atomic mass is 9.65. The van der Waals surface area contributed by atoms with Crippen molar-refractivity contribution in [3.63, 3.8) is 0 Å². The Balaban J connectivity index is 1.26. The number of anilines is 1. The first-order valence-electron chi connectivity index (χ1n) is 22.3. The number of nitro benzene ring substituents is 1. The summed E-state index contributed by atoms with van der Waals surface area (Å²) in [6.07, 6.45) is -2.09. The minimum absolute atomic E-state index is 0.0644. The Bertz CT molecular complexity index is 2960. The Morgan fingerprint density at radius 3 is 2.16 bits per heavy atom. The molecule has 3 amide bonds. The molecule has 3 N–H and O–H groups in total. The van der Waals surface area contributed by atoms with E-state index < -0.39 is 64.4 Å². The van der Waals surface area contributed by atoms with Crippen LogP contribution in [0.15, 0.2) is 158 Å². The number of hydrogen-bond donors (Lipinski definition) is 2. The molecule has 15 heteroatoms. The Morgan fingerprint density at radius 2 is 1.49 bits per heavy atom. The third-order valence-corrected chi connectivity index (χ3v) is 12.9.